The van der Waals surface area contributed by atoms with Crippen molar-refractivity contribution in [2.75, 3.05) is 54.8 Å². The van der Waals surface area contributed by atoms with Gasteiger partial charge in [-0.25, -0.2) is 22.9 Å². The Kier molecular flexibility index (Phi) is 11.6. The van der Waals surface area contributed by atoms with Crippen LogP contribution in [-0.4, -0.2) is 100 Å². The largest absolute Gasteiger partial charge is 0.373 e. The minimum absolute atomic E-state index is 0.0224. The number of nitrogens with zero attached hydrogens (tertiary/aromatic N) is 8. The number of amides is 3. The number of ether oxygens (including phenoxy) is 1. The summed E-state index contributed by atoms with van der Waals surface area (Å²) >= 11 is 0. The predicted molar refractivity (Wildman–Crippen MR) is 236 cm³/mol. The highest BCUT2D eigenvalue weighted by Crippen LogP contribution is 2.44. The van der Waals surface area contributed by atoms with Gasteiger partial charge in [0.2, 0.25) is 5.91 Å². The van der Waals surface area contributed by atoms with Crippen molar-refractivity contribution in [3.63, 3.8) is 0 Å². The van der Waals surface area contributed by atoms with Crippen LogP contribution in [0, 0.1) is 28.8 Å². The van der Waals surface area contributed by atoms with Gasteiger partial charge >= 0.3 is 16.2 Å². The number of benzene rings is 3. The first-order valence-corrected chi connectivity index (χ1v) is 23.1. The Morgan fingerprint density at radius 2 is 1.74 bits per heavy atom. The molecule has 9 rings (SSSR count). The lowest BCUT2D eigenvalue weighted by molar-refractivity contribution is -0.120. The number of nitrogens with one attached hydrogen (secondary N) is 3. The quantitative estimate of drug-likeness (QED) is 0.151. The third-order valence-corrected chi connectivity index (χ3v) is 15.3. The Balaban J connectivity index is 0.847. The lowest BCUT2D eigenvalue weighted by Crippen LogP contribution is -2.49. The van der Waals surface area contributed by atoms with Crippen molar-refractivity contribution < 1.29 is 35.9 Å². The molecule has 1 spiro atoms. The Morgan fingerprint density at radius 1 is 1.00 bits per heavy atom. The number of aryl methyl sites for hydroxylation is 1. The summed E-state index contributed by atoms with van der Waals surface area (Å²) in [6, 6.07) is 9.14. The van der Waals surface area contributed by atoms with E-state index in [4.69, 9.17) is 4.74 Å². The van der Waals surface area contributed by atoms with E-state index in [1.165, 1.54) is 41.0 Å². The first-order chi connectivity index (χ1) is 31.1. The molecular formula is C44H48F3N11O6S. The highest BCUT2D eigenvalue weighted by atomic mass is 32.2. The average Bonchev–Trinajstić information content (AvgIpc) is 3.84. The number of hydrogen-bond donors (Lipinski definition) is 3. The minimum atomic E-state index is -4.08. The lowest BCUT2D eigenvalue weighted by atomic mass is 9.79. The van der Waals surface area contributed by atoms with Crippen molar-refractivity contribution in [2.45, 2.75) is 81.9 Å². The zero-order valence-electron chi connectivity index (χ0n) is 36.0. The molecule has 3 aromatic carbocycles. The second-order valence-corrected chi connectivity index (χ2v) is 19.1. The second kappa shape index (κ2) is 17.0. The van der Waals surface area contributed by atoms with Crippen LogP contribution in [0.5, 0.6) is 0 Å². The molecule has 3 aliphatic heterocycles. The van der Waals surface area contributed by atoms with E-state index >= 15 is 13.2 Å². The zero-order chi connectivity index (χ0) is 45.9. The van der Waals surface area contributed by atoms with Crippen molar-refractivity contribution in [3.05, 3.63) is 81.7 Å². The maximum atomic E-state index is 16.3. The topological polar surface area (TPSA) is 200 Å². The third kappa shape index (κ3) is 8.06. The molecule has 0 bridgehead atoms. The van der Waals surface area contributed by atoms with Gasteiger partial charge in [0.05, 0.1) is 52.7 Å². The van der Waals surface area contributed by atoms with Gasteiger partial charge in [0, 0.05) is 58.1 Å². The molecule has 2 aromatic heterocycles. The van der Waals surface area contributed by atoms with Gasteiger partial charge in [-0.3, -0.25) is 33.8 Å². The molecule has 342 valence electrons. The Morgan fingerprint density at radius 3 is 2.45 bits per heavy atom. The molecule has 0 unspecified atom stereocenters. The second-order valence-electron chi connectivity index (χ2n) is 17.4. The number of imide groups is 1. The van der Waals surface area contributed by atoms with Crippen LogP contribution in [0.1, 0.15) is 81.4 Å². The van der Waals surface area contributed by atoms with Gasteiger partial charge in [-0.1, -0.05) is 6.92 Å². The first kappa shape index (κ1) is 44.1. The van der Waals surface area contributed by atoms with Crippen molar-refractivity contribution in [1.29, 1.82) is 5.26 Å². The number of carbonyl (C=O) groups is 2. The van der Waals surface area contributed by atoms with Gasteiger partial charge in [0.15, 0.2) is 11.6 Å². The fraction of sp³-hybridized carbons (Fsp3) is 0.455. The van der Waals surface area contributed by atoms with Crippen molar-refractivity contribution in [2.24, 2.45) is 7.05 Å². The molecule has 21 heteroatoms. The van der Waals surface area contributed by atoms with E-state index in [9.17, 15) is 28.1 Å². The molecule has 3 saturated heterocycles. The smallest absolute Gasteiger partial charge is 0.329 e. The summed E-state index contributed by atoms with van der Waals surface area (Å²) in [5, 5.41) is 19.5. The van der Waals surface area contributed by atoms with Gasteiger partial charge in [0.1, 0.15) is 28.7 Å². The number of nitriles is 1. The SMILES string of the molecule is CCN(C)S(=O)(=O)Nc1ccc(F)c(Nc2ccc3ncn([C@@H]4COC5(CCN(C6CCC(c7cc8c(cc7F)c(N7CCC(=O)NC7=O)nn8C)CC6)CC5)C4)c(=O)c3c2F)c1C#N. The molecule has 4 fully saturated rings. The van der Waals surface area contributed by atoms with E-state index in [2.05, 4.69) is 30.3 Å². The highest BCUT2D eigenvalue weighted by Gasteiger charge is 2.45. The zero-order valence-corrected chi connectivity index (χ0v) is 36.9. The molecule has 1 saturated carbocycles. The lowest BCUT2D eigenvalue weighted by Gasteiger charge is -2.44. The molecule has 0 radical (unpaired) electrons. The molecule has 4 aliphatic rings. The van der Waals surface area contributed by atoms with Crippen LogP contribution in [0.2, 0.25) is 0 Å². The molecular weight excluding hydrogens is 868 g/mol. The van der Waals surface area contributed by atoms with Gasteiger partial charge in [-0.15, -0.1) is 0 Å². The number of piperidine rings is 1. The number of rotatable bonds is 10. The fourth-order valence-corrected chi connectivity index (χ4v) is 10.9. The maximum absolute atomic E-state index is 16.3. The summed E-state index contributed by atoms with van der Waals surface area (Å²) in [6.45, 7) is 3.70. The molecule has 17 nitrogen and oxygen atoms in total. The van der Waals surface area contributed by atoms with Crippen LogP contribution in [0.4, 0.5) is 40.8 Å². The minimum Gasteiger partial charge on any atom is -0.373 e. The van der Waals surface area contributed by atoms with Crippen LogP contribution in [0.15, 0.2) is 47.5 Å². The summed E-state index contributed by atoms with van der Waals surface area (Å²) in [6.07, 6.45) is 6.90. The van der Waals surface area contributed by atoms with E-state index in [0.29, 0.717) is 34.7 Å². The molecule has 5 heterocycles. The fourth-order valence-electron chi connectivity index (χ4n) is 9.91. The van der Waals surface area contributed by atoms with Gasteiger partial charge in [0.25, 0.3) is 5.56 Å². The van der Waals surface area contributed by atoms with Gasteiger partial charge < -0.3 is 15.0 Å². The summed E-state index contributed by atoms with van der Waals surface area (Å²) in [5.41, 5.74) is -1.12. The standard InChI is InChI=1S/C44H48F3N11O6S/c1-4-54(2)65(62,63)53-33-10-9-31(45)40(30(33)22-48)50-35-12-11-34-38(39(35)47)42(60)58(24-49-34)27-21-44(64-23-27)14-17-56(18-15-44)26-7-5-25(6-8-26)28-20-36-29(19-32(28)46)41(52-55(36)3)57-16-13-37(59)51-43(57)61/h9-12,19-20,24-27,50,53H,4-8,13-18,21,23H2,1-3H3,(H,51,59,61)/t25?,26?,27-/m0/s1. The monoisotopic (exact) mass is 915 g/mol. The van der Waals surface area contributed by atoms with Crippen LogP contribution >= 0.6 is 0 Å². The Bertz CT molecular complexity index is 2960. The number of anilines is 4. The summed E-state index contributed by atoms with van der Waals surface area (Å²) in [4.78, 5) is 46.5. The molecule has 65 heavy (non-hydrogen) atoms. The number of fused-ring (bicyclic) bond motifs is 2. The molecule has 5 aromatic rings. The highest BCUT2D eigenvalue weighted by molar-refractivity contribution is 7.90. The molecule has 1 atom stereocenters. The van der Waals surface area contributed by atoms with Gasteiger partial charge in [-0.05, 0) is 92.8 Å². The first-order valence-electron chi connectivity index (χ1n) is 21.7. The number of halogens is 3. The van der Waals surface area contributed by atoms with E-state index < -0.39 is 56.3 Å². The normalized spacial score (nSPS) is 21.6. The predicted octanol–water partition coefficient (Wildman–Crippen LogP) is 5.89. The van der Waals surface area contributed by atoms with Crippen LogP contribution in [0.3, 0.4) is 0 Å². The maximum Gasteiger partial charge on any atom is 0.329 e. The van der Waals surface area contributed by atoms with Crippen molar-refractivity contribution in [1.82, 2.24) is 33.9 Å². The number of carbonyl (C=O) groups excluding carboxylic acids is 2. The Hall–Kier alpha value is -6.08. The van der Waals surface area contributed by atoms with E-state index in [1.54, 1.807) is 24.7 Å². The van der Waals surface area contributed by atoms with Crippen LogP contribution in [-0.2, 0) is 26.8 Å². The van der Waals surface area contributed by atoms with E-state index in [-0.39, 0.29) is 66.0 Å². The summed E-state index contributed by atoms with van der Waals surface area (Å²) in [7, 11) is -0.989. The summed E-state index contributed by atoms with van der Waals surface area (Å²) in [5.74, 6) is -2.31. The number of likely N-dealkylation sites (tertiary alicyclic amines) is 1. The van der Waals surface area contributed by atoms with Crippen molar-refractivity contribution >= 4 is 66.8 Å². The van der Waals surface area contributed by atoms with E-state index in [1.807, 2.05) is 6.07 Å². The average molecular weight is 916 g/mol. The number of aromatic nitrogens is 4. The molecule has 3 amide bonds. The van der Waals surface area contributed by atoms with Crippen LogP contribution in [0.25, 0.3) is 21.8 Å². The number of urea groups is 1. The molecule has 3 N–H and O–H groups in total. The molecule has 1 aliphatic carbocycles. The third-order valence-electron chi connectivity index (χ3n) is 13.7. The summed E-state index contributed by atoms with van der Waals surface area (Å²) < 4.78 is 85.5. The Labute approximate surface area is 372 Å². The van der Waals surface area contributed by atoms with E-state index in [0.717, 1.165) is 68.1 Å². The van der Waals surface area contributed by atoms with Crippen molar-refractivity contribution in [3.8, 4) is 6.07 Å². The number of hydrogen-bond acceptors (Lipinski definition) is 11. The van der Waals surface area contributed by atoms with Gasteiger partial charge in [-0.2, -0.15) is 23.1 Å². The van der Waals surface area contributed by atoms with Crippen LogP contribution < -0.4 is 25.8 Å².